The van der Waals surface area contributed by atoms with Crippen molar-refractivity contribution in [1.29, 1.82) is 0 Å². The Bertz CT molecular complexity index is 1890. The zero-order chi connectivity index (χ0) is 33.6. The summed E-state index contributed by atoms with van der Waals surface area (Å²) in [6, 6.07) is 85.6. The molecule has 0 aliphatic heterocycles. The van der Waals surface area contributed by atoms with Gasteiger partial charge in [0, 0.05) is 0 Å². The summed E-state index contributed by atoms with van der Waals surface area (Å²) >= 11 is 0. The van der Waals surface area contributed by atoms with Crippen molar-refractivity contribution in [2.24, 2.45) is 0 Å². The molecule has 0 aliphatic rings. The monoisotopic (exact) mass is 670 g/mol. The second-order valence-corrected chi connectivity index (χ2v) is 20.5. The van der Waals surface area contributed by atoms with Crippen LogP contribution in [0.5, 0.6) is 0 Å². The second-order valence-electron chi connectivity index (χ2n) is 12.9. The zero-order valence-corrected chi connectivity index (χ0v) is 29.9. The van der Waals surface area contributed by atoms with E-state index in [-0.39, 0.29) is 0 Å². The fourth-order valence-corrected chi connectivity index (χ4v) is 17.4. The lowest BCUT2D eigenvalue weighted by Gasteiger charge is -2.34. The molecule has 8 rings (SSSR count). The first-order valence-electron chi connectivity index (χ1n) is 17.4. The molecule has 8 aromatic carbocycles. The Hall–Kier alpha value is -5.81. The molecule has 0 N–H and O–H groups in total. The molecule has 0 unspecified atom stereocenters. The van der Waals surface area contributed by atoms with Gasteiger partial charge in [0.15, 0.2) is 16.1 Å². The van der Waals surface area contributed by atoms with Crippen molar-refractivity contribution < 1.29 is 0 Å². The largest absolute Gasteiger partial charge is 0.179 e. The predicted octanol–water partition coefficient (Wildman–Crippen LogP) is 6.11. The standard InChI is InChI=1S/C48H38Si2/c1-7-19-41(20-8-1)49(42-21-9-2-10-22-42,43-23-11-3-12-24-43)47-35-31-39(32-36-47)40-33-37-48(38-34-40)50(44-25-13-4-14-26-44,45-27-15-5-16-28-45)46-29-17-6-18-30-46/h1-38H. The van der Waals surface area contributed by atoms with Crippen LogP contribution in [0.4, 0.5) is 0 Å². The van der Waals surface area contributed by atoms with Gasteiger partial charge in [-0.1, -0.05) is 231 Å². The van der Waals surface area contributed by atoms with Gasteiger partial charge in [-0.05, 0) is 52.6 Å². The Morgan fingerprint density at radius 2 is 0.320 bits per heavy atom. The van der Waals surface area contributed by atoms with E-state index in [1.54, 1.807) is 0 Å². The van der Waals surface area contributed by atoms with Gasteiger partial charge in [-0.15, -0.1) is 0 Å². The van der Waals surface area contributed by atoms with E-state index in [2.05, 4.69) is 231 Å². The molecule has 0 spiro atoms. The lowest BCUT2D eigenvalue weighted by atomic mass is 10.1. The third-order valence-electron chi connectivity index (χ3n) is 10.2. The van der Waals surface area contributed by atoms with Gasteiger partial charge in [-0.2, -0.15) is 0 Å². The molecule has 0 aromatic heterocycles. The van der Waals surface area contributed by atoms with Crippen molar-refractivity contribution >= 4 is 57.6 Å². The van der Waals surface area contributed by atoms with Crippen LogP contribution in [0, 0.1) is 0 Å². The lowest BCUT2D eigenvalue weighted by Crippen LogP contribution is -2.74. The van der Waals surface area contributed by atoms with Crippen LogP contribution in [0.25, 0.3) is 11.1 Å². The van der Waals surface area contributed by atoms with Crippen LogP contribution in [-0.2, 0) is 0 Å². The Morgan fingerprint density at radius 3 is 0.500 bits per heavy atom. The first-order valence-corrected chi connectivity index (χ1v) is 21.4. The van der Waals surface area contributed by atoms with Gasteiger partial charge in [0.2, 0.25) is 0 Å². The molecule has 0 nitrogen and oxygen atoms in total. The molecule has 0 saturated heterocycles. The summed E-state index contributed by atoms with van der Waals surface area (Å²) in [6.45, 7) is 0. The Morgan fingerprint density at radius 1 is 0.160 bits per heavy atom. The molecule has 0 radical (unpaired) electrons. The maximum atomic E-state index is 2.39. The summed E-state index contributed by atoms with van der Waals surface area (Å²) in [4.78, 5) is 0. The smallest absolute Gasteiger partial charge is 0.0623 e. The minimum atomic E-state index is -2.56. The van der Waals surface area contributed by atoms with E-state index in [0.29, 0.717) is 0 Å². The highest BCUT2D eigenvalue weighted by molar-refractivity contribution is 7.20. The van der Waals surface area contributed by atoms with Crippen molar-refractivity contribution in [2.75, 3.05) is 0 Å². The third-order valence-corrected chi connectivity index (χ3v) is 19.8. The Balaban J connectivity index is 1.25. The molecule has 0 bridgehead atoms. The molecule has 0 atom stereocenters. The van der Waals surface area contributed by atoms with Gasteiger partial charge in [-0.3, -0.25) is 0 Å². The summed E-state index contributed by atoms with van der Waals surface area (Å²) in [7, 11) is -5.13. The molecule has 50 heavy (non-hydrogen) atoms. The maximum Gasteiger partial charge on any atom is 0.179 e. The first kappa shape index (κ1) is 31.5. The fraction of sp³-hybridized carbons (Fsp3) is 0. The SMILES string of the molecule is c1ccc([Si](c2ccccc2)(c2ccccc2)c2ccc(-c3ccc([Si](c4ccccc4)(c4ccccc4)c4ccccc4)cc3)cc2)cc1. The maximum absolute atomic E-state index is 2.56. The van der Waals surface area contributed by atoms with Gasteiger partial charge in [-0.25, -0.2) is 0 Å². The molecule has 0 fully saturated rings. The summed E-state index contributed by atoms with van der Waals surface area (Å²) < 4.78 is 0. The van der Waals surface area contributed by atoms with Crippen LogP contribution in [0.1, 0.15) is 0 Å². The molecule has 8 aromatic rings. The van der Waals surface area contributed by atoms with Crippen LogP contribution in [0.2, 0.25) is 0 Å². The van der Waals surface area contributed by atoms with Crippen LogP contribution in [0.3, 0.4) is 0 Å². The summed E-state index contributed by atoms with van der Waals surface area (Å²) in [5.74, 6) is 0. The normalized spacial score (nSPS) is 11.6. The molecule has 0 aliphatic carbocycles. The lowest BCUT2D eigenvalue weighted by molar-refractivity contribution is 1.62. The van der Waals surface area contributed by atoms with Gasteiger partial charge in [0.1, 0.15) is 0 Å². The summed E-state index contributed by atoms with van der Waals surface area (Å²) in [5, 5.41) is 11.1. The van der Waals surface area contributed by atoms with E-state index >= 15 is 0 Å². The third kappa shape index (κ3) is 5.49. The van der Waals surface area contributed by atoms with Crippen LogP contribution < -0.4 is 41.5 Å². The first-order chi connectivity index (χ1) is 24.8. The number of hydrogen-bond donors (Lipinski definition) is 0. The quantitative estimate of drug-likeness (QED) is 0.129. The van der Waals surface area contributed by atoms with E-state index < -0.39 is 16.1 Å². The highest BCUT2D eigenvalue weighted by Crippen LogP contribution is 2.20. The van der Waals surface area contributed by atoms with E-state index in [4.69, 9.17) is 0 Å². The fourth-order valence-electron chi connectivity index (χ4n) is 7.95. The Kier molecular flexibility index (Phi) is 8.79. The molecule has 0 heterocycles. The summed E-state index contributed by atoms with van der Waals surface area (Å²) in [6.07, 6.45) is 0. The van der Waals surface area contributed by atoms with Crippen molar-refractivity contribution in [2.45, 2.75) is 0 Å². The van der Waals surface area contributed by atoms with E-state index in [0.717, 1.165) is 0 Å². The number of benzene rings is 8. The van der Waals surface area contributed by atoms with Gasteiger partial charge < -0.3 is 0 Å². The van der Waals surface area contributed by atoms with Crippen LogP contribution in [0.15, 0.2) is 231 Å². The molecule has 0 saturated carbocycles. The van der Waals surface area contributed by atoms with E-state index in [9.17, 15) is 0 Å². The zero-order valence-electron chi connectivity index (χ0n) is 27.9. The van der Waals surface area contributed by atoms with Gasteiger partial charge in [0.25, 0.3) is 0 Å². The molecular formula is C48H38Si2. The molecular weight excluding hydrogens is 633 g/mol. The molecule has 238 valence electrons. The predicted molar refractivity (Wildman–Crippen MR) is 219 cm³/mol. The number of hydrogen-bond acceptors (Lipinski definition) is 0. The second kappa shape index (κ2) is 14.0. The highest BCUT2D eigenvalue weighted by Gasteiger charge is 2.42. The van der Waals surface area contributed by atoms with Crippen LogP contribution >= 0.6 is 0 Å². The van der Waals surface area contributed by atoms with Crippen molar-refractivity contribution in [3.63, 3.8) is 0 Å². The Labute approximate surface area is 298 Å². The van der Waals surface area contributed by atoms with Crippen molar-refractivity contribution in [3.8, 4) is 11.1 Å². The highest BCUT2D eigenvalue weighted by atomic mass is 28.3. The van der Waals surface area contributed by atoms with E-state index in [1.165, 1.54) is 52.6 Å². The summed E-state index contributed by atoms with van der Waals surface area (Å²) in [5.41, 5.74) is 2.45. The molecule has 0 amide bonds. The van der Waals surface area contributed by atoms with Gasteiger partial charge in [0.05, 0.1) is 0 Å². The number of rotatable bonds is 9. The average Bonchev–Trinajstić information content (AvgIpc) is 3.22. The van der Waals surface area contributed by atoms with E-state index in [1.807, 2.05) is 0 Å². The topological polar surface area (TPSA) is 0 Å². The minimum Gasteiger partial charge on any atom is -0.0623 e. The average molecular weight is 671 g/mol. The minimum absolute atomic E-state index is 1.23. The van der Waals surface area contributed by atoms with Gasteiger partial charge >= 0.3 is 0 Å². The van der Waals surface area contributed by atoms with Crippen molar-refractivity contribution in [1.82, 2.24) is 0 Å². The van der Waals surface area contributed by atoms with Crippen LogP contribution in [-0.4, -0.2) is 16.1 Å². The van der Waals surface area contributed by atoms with Crippen molar-refractivity contribution in [3.05, 3.63) is 231 Å². The molecule has 2 heteroatoms.